The number of aromatic nitrogens is 4. The van der Waals surface area contributed by atoms with Gasteiger partial charge in [-0.15, -0.1) is 10.2 Å². The number of benzene rings is 1. The molecular formula is C25H31N5O2S. The molecule has 1 N–H and O–H groups in total. The molecular weight excluding hydrogens is 434 g/mol. The monoisotopic (exact) mass is 465 g/mol. The minimum absolute atomic E-state index is 0.00248. The van der Waals surface area contributed by atoms with E-state index >= 15 is 0 Å². The lowest BCUT2D eigenvalue weighted by Crippen LogP contribution is -2.28. The Labute approximate surface area is 199 Å². The number of amides is 1. The summed E-state index contributed by atoms with van der Waals surface area (Å²) in [7, 11) is 1.66. The fourth-order valence-corrected chi connectivity index (χ4v) is 5.19. The van der Waals surface area contributed by atoms with E-state index in [9.17, 15) is 4.79 Å². The lowest BCUT2D eigenvalue weighted by molar-refractivity contribution is -0.118. The topological polar surface area (TPSA) is 81.9 Å². The van der Waals surface area contributed by atoms with Crippen molar-refractivity contribution in [3.8, 4) is 17.1 Å². The van der Waals surface area contributed by atoms with Crippen molar-refractivity contribution in [2.45, 2.75) is 50.2 Å². The Balaban J connectivity index is 1.39. The molecule has 1 amide bonds. The molecule has 1 aliphatic carbocycles. The van der Waals surface area contributed by atoms with Gasteiger partial charge in [-0.05, 0) is 55.0 Å². The zero-order chi connectivity index (χ0) is 23.0. The molecule has 4 rings (SSSR count). The third-order valence-corrected chi connectivity index (χ3v) is 7.15. The van der Waals surface area contributed by atoms with Crippen molar-refractivity contribution in [3.05, 3.63) is 54.4 Å². The number of thioether (sulfide) groups is 1. The first-order valence-electron chi connectivity index (χ1n) is 11.5. The van der Waals surface area contributed by atoms with E-state index in [1.807, 2.05) is 42.6 Å². The number of hydrogen-bond acceptors (Lipinski definition) is 6. The molecule has 33 heavy (non-hydrogen) atoms. The van der Waals surface area contributed by atoms with Gasteiger partial charge in [0.1, 0.15) is 5.75 Å². The summed E-state index contributed by atoms with van der Waals surface area (Å²) in [5.74, 6) is 2.53. The van der Waals surface area contributed by atoms with Crippen LogP contribution in [-0.4, -0.2) is 45.1 Å². The molecule has 0 aliphatic heterocycles. The lowest BCUT2D eigenvalue weighted by Gasteiger charge is -2.31. The SMILES string of the molecule is COc1ccc(CCNC(=O)CSc2nnc(-c3cccnc3)n2[C@@H]2CCCC[C@@H]2C)cc1. The van der Waals surface area contributed by atoms with Gasteiger partial charge in [0.2, 0.25) is 5.91 Å². The molecule has 2 heterocycles. The van der Waals surface area contributed by atoms with E-state index in [0.29, 0.717) is 24.3 Å². The molecule has 7 nitrogen and oxygen atoms in total. The Morgan fingerprint density at radius 3 is 2.73 bits per heavy atom. The number of methoxy groups -OCH3 is 1. The second kappa shape index (κ2) is 11.3. The molecule has 8 heteroatoms. The molecule has 2 aromatic heterocycles. The largest absolute Gasteiger partial charge is 0.497 e. The predicted octanol–water partition coefficient (Wildman–Crippen LogP) is 4.55. The molecule has 0 radical (unpaired) electrons. The second-order valence-corrected chi connectivity index (χ2v) is 9.43. The number of carbonyl (C=O) groups excluding carboxylic acids is 1. The molecule has 2 atom stereocenters. The Morgan fingerprint density at radius 2 is 2.00 bits per heavy atom. The zero-order valence-electron chi connectivity index (χ0n) is 19.2. The van der Waals surface area contributed by atoms with E-state index in [1.54, 1.807) is 13.3 Å². The lowest BCUT2D eigenvalue weighted by atomic mass is 9.85. The van der Waals surface area contributed by atoms with Crippen LogP contribution in [0.2, 0.25) is 0 Å². The highest BCUT2D eigenvalue weighted by molar-refractivity contribution is 7.99. The molecule has 3 aromatic rings. The van der Waals surface area contributed by atoms with Gasteiger partial charge < -0.3 is 10.1 Å². The third-order valence-electron chi connectivity index (χ3n) is 6.21. The number of rotatable bonds is 9. The number of pyridine rings is 1. The average Bonchev–Trinajstić information content (AvgIpc) is 3.28. The summed E-state index contributed by atoms with van der Waals surface area (Å²) >= 11 is 1.46. The van der Waals surface area contributed by atoms with Crippen molar-refractivity contribution < 1.29 is 9.53 Å². The summed E-state index contributed by atoms with van der Waals surface area (Å²) in [4.78, 5) is 16.8. The van der Waals surface area contributed by atoms with E-state index in [1.165, 1.54) is 31.0 Å². The Hall–Kier alpha value is -2.87. The predicted molar refractivity (Wildman–Crippen MR) is 130 cm³/mol. The van der Waals surface area contributed by atoms with Gasteiger partial charge in [0, 0.05) is 30.5 Å². The Kier molecular flexibility index (Phi) is 7.99. The molecule has 0 spiro atoms. The van der Waals surface area contributed by atoms with Crippen molar-refractivity contribution in [2.24, 2.45) is 5.92 Å². The molecule has 1 saturated carbocycles. The second-order valence-electron chi connectivity index (χ2n) is 8.48. The number of ether oxygens (including phenoxy) is 1. The Morgan fingerprint density at radius 1 is 1.18 bits per heavy atom. The molecule has 0 bridgehead atoms. The number of carbonyl (C=O) groups is 1. The Bertz CT molecular complexity index is 1040. The van der Waals surface area contributed by atoms with Gasteiger partial charge in [0.05, 0.1) is 12.9 Å². The van der Waals surface area contributed by atoms with Gasteiger partial charge in [-0.25, -0.2) is 0 Å². The molecule has 0 unspecified atom stereocenters. The highest BCUT2D eigenvalue weighted by Crippen LogP contribution is 2.38. The van der Waals surface area contributed by atoms with Crippen molar-refractivity contribution in [2.75, 3.05) is 19.4 Å². The fourth-order valence-electron chi connectivity index (χ4n) is 4.37. The fraction of sp³-hybridized carbons (Fsp3) is 0.440. The molecule has 1 aliphatic rings. The van der Waals surface area contributed by atoms with Crippen LogP contribution in [0.5, 0.6) is 5.75 Å². The van der Waals surface area contributed by atoms with Gasteiger partial charge in [-0.3, -0.25) is 14.3 Å². The summed E-state index contributed by atoms with van der Waals surface area (Å²) in [6.07, 6.45) is 9.14. The molecule has 174 valence electrons. The summed E-state index contributed by atoms with van der Waals surface area (Å²) in [6, 6.07) is 12.2. The van der Waals surface area contributed by atoms with Crippen molar-refractivity contribution in [1.82, 2.24) is 25.1 Å². The minimum atomic E-state index is 0.00248. The van der Waals surface area contributed by atoms with Crippen LogP contribution in [-0.2, 0) is 11.2 Å². The number of nitrogens with one attached hydrogen (secondary N) is 1. The van der Waals surface area contributed by atoms with Gasteiger partial charge in [0.25, 0.3) is 0 Å². The van der Waals surface area contributed by atoms with E-state index < -0.39 is 0 Å². The molecule has 1 fully saturated rings. The number of hydrogen-bond donors (Lipinski definition) is 1. The van der Waals surface area contributed by atoms with Crippen LogP contribution >= 0.6 is 11.8 Å². The first-order chi connectivity index (χ1) is 16.2. The smallest absolute Gasteiger partial charge is 0.230 e. The maximum Gasteiger partial charge on any atom is 0.230 e. The van der Waals surface area contributed by atoms with Crippen LogP contribution in [0.25, 0.3) is 11.4 Å². The third kappa shape index (κ3) is 5.93. The maximum absolute atomic E-state index is 12.5. The first kappa shape index (κ1) is 23.3. The standard InChI is InChI=1S/C25H31N5O2S/c1-18-6-3-4-8-22(18)30-24(20-7-5-14-26-16-20)28-29-25(30)33-17-23(31)27-15-13-19-9-11-21(32-2)12-10-19/h5,7,9-12,14,16,18,22H,3-4,6,8,13,15,17H2,1-2H3,(H,27,31)/t18-,22+/m0/s1. The zero-order valence-corrected chi connectivity index (χ0v) is 20.1. The molecule has 0 saturated heterocycles. The normalized spacial score (nSPS) is 18.1. The minimum Gasteiger partial charge on any atom is -0.497 e. The quantitative estimate of drug-likeness (QED) is 0.467. The summed E-state index contributed by atoms with van der Waals surface area (Å²) in [5, 5.41) is 12.8. The van der Waals surface area contributed by atoms with Gasteiger partial charge in [0.15, 0.2) is 11.0 Å². The highest BCUT2D eigenvalue weighted by Gasteiger charge is 2.29. The first-order valence-corrected chi connectivity index (χ1v) is 12.5. The van der Waals surface area contributed by atoms with Crippen LogP contribution in [0.1, 0.15) is 44.2 Å². The van der Waals surface area contributed by atoms with Gasteiger partial charge >= 0.3 is 0 Å². The van der Waals surface area contributed by atoms with E-state index in [-0.39, 0.29) is 5.91 Å². The van der Waals surface area contributed by atoms with Crippen LogP contribution in [0, 0.1) is 5.92 Å². The van der Waals surface area contributed by atoms with E-state index in [2.05, 4.69) is 32.0 Å². The number of nitrogens with zero attached hydrogens (tertiary/aromatic N) is 4. The van der Waals surface area contributed by atoms with E-state index in [0.717, 1.165) is 40.7 Å². The average molecular weight is 466 g/mol. The van der Waals surface area contributed by atoms with Crippen molar-refractivity contribution in [3.63, 3.8) is 0 Å². The van der Waals surface area contributed by atoms with Crippen LogP contribution in [0.3, 0.4) is 0 Å². The van der Waals surface area contributed by atoms with Gasteiger partial charge in [-0.1, -0.05) is 43.7 Å². The maximum atomic E-state index is 12.5. The van der Waals surface area contributed by atoms with Gasteiger partial charge in [-0.2, -0.15) is 0 Å². The summed E-state index contributed by atoms with van der Waals surface area (Å²) < 4.78 is 7.43. The van der Waals surface area contributed by atoms with Crippen LogP contribution in [0.15, 0.2) is 53.9 Å². The summed E-state index contributed by atoms with van der Waals surface area (Å²) in [5.41, 5.74) is 2.12. The van der Waals surface area contributed by atoms with Crippen molar-refractivity contribution >= 4 is 17.7 Å². The van der Waals surface area contributed by atoms with Crippen molar-refractivity contribution in [1.29, 1.82) is 0 Å². The molecule has 1 aromatic carbocycles. The van der Waals surface area contributed by atoms with E-state index in [4.69, 9.17) is 4.74 Å². The summed E-state index contributed by atoms with van der Waals surface area (Å²) in [6.45, 7) is 2.90. The highest BCUT2D eigenvalue weighted by atomic mass is 32.2. The van der Waals surface area contributed by atoms with Crippen LogP contribution < -0.4 is 10.1 Å². The van der Waals surface area contributed by atoms with Crippen LogP contribution in [0.4, 0.5) is 0 Å².